The van der Waals surface area contributed by atoms with E-state index in [1.807, 2.05) is 12.1 Å². The Morgan fingerprint density at radius 2 is 1.74 bits per heavy atom. The van der Waals surface area contributed by atoms with Crippen molar-refractivity contribution in [3.8, 4) is 11.5 Å². The third-order valence-corrected chi connectivity index (χ3v) is 5.71. The maximum atomic E-state index is 12.0. The second-order valence-corrected chi connectivity index (χ2v) is 8.75. The van der Waals surface area contributed by atoms with Gasteiger partial charge in [0, 0.05) is 30.1 Å². The summed E-state index contributed by atoms with van der Waals surface area (Å²) in [5.74, 6) is 0.527. The number of ether oxygens (including phenoxy) is 1. The zero-order valence-corrected chi connectivity index (χ0v) is 15.9. The molecule has 0 unspecified atom stereocenters. The third-order valence-electron chi connectivity index (χ3n) is 4.60. The number of hydrogen-bond acceptors (Lipinski definition) is 6. The quantitative estimate of drug-likeness (QED) is 0.574. The van der Waals surface area contributed by atoms with Gasteiger partial charge in [0.1, 0.15) is 16.4 Å². The lowest BCUT2D eigenvalue weighted by molar-refractivity contribution is -0.385. The van der Waals surface area contributed by atoms with Gasteiger partial charge in [0.25, 0.3) is 5.69 Å². The van der Waals surface area contributed by atoms with E-state index >= 15 is 0 Å². The van der Waals surface area contributed by atoms with Crippen molar-refractivity contribution in [1.82, 2.24) is 0 Å². The number of rotatable bonds is 6. The lowest BCUT2D eigenvalue weighted by Crippen LogP contribution is -2.22. The van der Waals surface area contributed by atoms with Gasteiger partial charge in [0.2, 0.25) is 0 Å². The van der Waals surface area contributed by atoms with Crippen LogP contribution in [0.4, 0.5) is 11.4 Å². The Kier molecular flexibility index (Phi) is 5.65. The summed E-state index contributed by atoms with van der Waals surface area (Å²) >= 11 is 0. The molecule has 2 aromatic carbocycles. The lowest BCUT2D eigenvalue weighted by Gasteiger charge is -2.23. The molecule has 1 aliphatic carbocycles. The van der Waals surface area contributed by atoms with Gasteiger partial charge in [-0.1, -0.05) is 19.3 Å². The number of nitrogens with zero attached hydrogens (tertiary/aromatic N) is 1. The minimum atomic E-state index is -3.68. The van der Waals surface area contributed by atoms with Crippen LogP contribution >= 0.6 is 0 Å². The Morgan fingerprint density at radius 1 is 1.07 bits per heavy atom. The molecule has 0 bridgehead atoms. The van der Waals surface area contributed by atoms with Crippen LogP contribution in [0.15, 0.2) is 47.4 Å². The second-order valence-electron chi connectivity index (χ2n) is 6.77. The van der Waals surface area contributed by atoms with E-state index in [0.29, 0.717) is 11.8 Å². The van der Waals surface area contributed by atoms with Gasteiger partial charge in [-0.2, -0.15) is 0 Å². The predicted octanol–water partition coefficient (Wildman–Crippen LogP) is 4.54. The van der Waals surface area contributed by atoms with Crippen molar-refractivity contribution in [3.05, 3.63) is 52.6 Å². The molecule has 0 saturated heterocycles. The van der Waals surface area contributed by atoms with Crippen molar-refractivity contribution < 1.29 is 18.1 Å². The summed E-state index contributed by atoms with van der Waals surface area (Å²) in [7, 11) is -3.68. The van der Waals surface area contributed by atoms with E-state index < -0.39 is 14.8 Å². The maximum absolute atomic E-state index is 12.0. The van der Waals surface area contributed by atoms with E-state index in [0.717, 1.165) is 18.0 Å². The van der Waals surface area contributed by atoms with E-state index in [9.17, 15) is 18.5 Å². The summed E-state index contributed by atoms with van der Waals surface area (Å²) in [6, 6.07) is 11.3. The van der Waals surface area contributed by atoms with Crippen LogP contribution in [-0.4, -0.2) is 25.6 Å². The summed E-state index contributed by atoms with van der Waals surface area (Å²) < 4.78 is 29.6. The molecule has 1 saturated carbocycles. The van der Waals surface area contributed by atoms with Crippen LogP contribution in [-0.2, 0) is 9.84 Å². The Balaban J connectivity index is 1.77. The SMILES string of the molecule is CS(=O)(=O)c1cc([N+](=O)[O-])ccc1Oc1ccc(NC2CCCCC2)cc1. The molecule has 27 heavy (non-hydrogen) atoms. The Labute approximate surface area is 158 Å². The minimum absolute atomic E-state index is 0.0658. The molecule has 144 valence electrons. The van der Waals surface area contributed by atoms with E-state index in [-0.39, 0.29) is 16.3 Å². The first-order valence-corrected chi connectivity index (χ1v) is 10.7. The number of nitrogens with one attached hydrogen (secondary N) is 1. The summed E-state index contributed by atoms with van der Waals surface area (Å²) in [4.78, 5) is 10.1. The van der Waals surface area contributed by atoms with Gasteiger partial charge in [-0.05, 0) is 43.2 Å². The Hall–Kier alpha value is -2.61. The first-order chi connectivity index (χ1) is 12.8. The monoisotopic (exact) mass is 390 g/mol. The van der Waals surface area contributed by atoms with Crippen LogP contribution in [0.1, 0.15) is 32.1 Å². The standard InChI is InChI=1S/C19H22N2O5S/c1-27(24,25)19-13-16(21(22)23)9-12-18(19)26-17-10-7-15(8-11-17)20-14-5-3-2-4-6-14/h7-14,20H,2-6H2,1H3. The molecule has 0 radical (unpaired) electrons. The van der Waals surface area contributed by atoms with Gasteiger partial charge in [-0.25, -0.2) is 8.42 Å². The zero-order valence-electron chi connectivity index (χ0n) is 15.1. The first-order valence-electron chi connectivity index (χ1n) is 8.86. The number of anilines is 1. The van der Waals surface area contributed by atoms with Crippen LogP contribution in [0.2, 0.25) is 0 Å². The van der Waals surface area contributed by atoms with E-state index in [1.165, 1.54) is 44.2 Å². The number of hydrogen-bond donors (Lipinski definition) is 1. The number of nitro groups is 1. The fourth-order valence-corrected chi connectivity index (χ4v) is 4.02. The molecule has 3 rings (SSSR count). The van der Waals surface area contributed by atoms with Crippen molar-refractivity contribution in [2.24, 2.45) is 0 Å². The third kappa shape index (κ3) is 4.97. The van der Waals surface area contributed by atoms with Crippen LogP contribution in [0.5, 0.6) is 11.5 Å². The van der Waals surface area contributed by atoms with Crippen molar-refractivity contribution in [2.75, 3.05) is 11.6 Å². The summed E-state index contributed by atoms with van der Waals surface area (Å²) in [5, 5.41) is 14.4. The highest BCUT2D eigenvalue weighted by Gasteiger charge is 2.20. The van der Waals surface area contributed by atoms with Gasteiger partial charge in [-0.15, -0.1) is 0 Å². The van der Waals surface area contributed by atoms with E-state index in [4.69, 9.17) is 4.74 Å². The van der Waals surface area contributed by atoms with Crippen LogP contribution in [0, 0.1) is 10.1 Å². The smallest absolute Gasteiger partial charge is 0.271 e. The number of benzene rings is 2. The summed E-state index contributed by atoms with van der Waals surface area (Å²) in [5.41, 5.74) is 0.691. The van der Waals surface area contributed by atoms with Crippen molar-refractivity contribution in [3.63, 3.8) is 0 Å². The number of sulfone groups is 1. The van der Waals surface area contributed by atoms with E-state index in [1.54, 1.807) is 12.1 Å². The van der Waals surface area contributed by atoms with Crippen molar-refractivity contribution >= 4 is 21.2 Å². The zero-order chi connectivity index (χ0) is 19.4. The highest BCUT2D eigenvalue weighted by Crippen LogP contribution is 2.32. The lowest BCUT2D eigenvalue weighted by atomic mass is 9.95. The van der Waals surface area contributed by atoms with Gasteiger partial charge in [0.15, 0.2) is 9.84 Å². The largest absolute Gasteiger partial charge is 0.456 e. The summed E-state index contributed by atoms with van der Waals surface area (Å²) in [6.45, 7) is 0. The molecule has 7 nitrogen and oxygen atoms in total. The van der Waals surface area contributed by atoms with Gasteiger partial charge < -0.3 is 10.1 Å². The van der Waals surface area contributed by atoms with Crippen LogP contribution in [0.25, 0.3) is 0 Å². The van der Waals surface area contributed by atoms with E-state index in [2.05, 4.69) is 5.32 Å². The molecule has 0 spiro atoms. The molecule has 0 heterocycles. The molecule has 2 aromatic rings. The highest BCUT2D eigenvalue weighted by molar-refractivity contribution is 7.90. The molecule has 0 atom stereocenters. The summed E-state index contributed by atoms with van der Waals surface area (Å²) in [6.07, 6.45) is 7.11. The van der Waals surface area contributed by atoms with Gasteiger partial charge in [-0.3, -0.25) is 10.1 Å². The molecule has 0 aliphatic heterocycles. The second kappa shape index (κ2) is 7.96. The minimum Gasteiger partial charge on any atom is -0.456 e. The molecule has 8 heteroatoms. The average Bonchev–Trinajstić information content (AvgIpc) is 2.63. The van der Waals surface area contributed by atoms with Crippen LogP contribution < -0.4 is 10.1 Å². The normalized spacial score (nSPS) is 15.3. The van der Waals surface area contributed by atoms with Crippen molar-refractivity contribution in [2.45, 2.75) is 43.0 Å². The molecule has 0 aromatic heterocycles. The predicted molar refractivity (Wildman–Crippen MR) is 103 cm³/mol. The maximum Gasteiger partial charge on any atom is 0.271 e. The average molecular weight is 390 g/mol. The van der Waals surface area contributed by atoms with Gasteiger partial charge >= 0.3 is 0 Å². The molecular weight excluding hydrogens is 368 g/mol. The first kappa shape index (κ1) is 19.2. The molecule has 1 N–H and O–H groups in total. The topological polar surface area (TPSA) is 98.5 Å². The fourth-order valence-electron chi connectivity index (χ4n) is 3.21. The Morgan fingerprint density at radius 3 is 2.33 bits per heavy atom. The van der Waals surface area contributed by atoms with Crippen molar-refractivity contribution in [1.29, 1.82) is 0 Å². The molecule has 0 amide bonds. The number of nitro benzene ring substituents is 1. The Bertz CT molecular complexity index is 920. The molecular formula is C19H22N2O5S. The van der Waals surface area contributed by atoms with Gasteiger partial charge in [0.05, 0.1) is 4.92 Å². The fraction of sp³-hybridized carbons (Fsp3) is 0.368. The van der Waals surface area contributed by atoms with Crippen LogP contribution in [0.3, 0.4) is 0 Å². The number of non-ortho nitro benzene ring substituents is 1. The molecule has 1 aliphatic rings. The highest BCUT2D eigenvalue weighted by atomic mass is 32.2. The molecule has 1 fully saturated rings.